The molecule has 0 bridgehead atoms. The van der Waals surface area contributed by atoms with Gasteiger partial charge in [-0.2, -0.15) is 8.61 Å². The Morgan fingerprint density at radius 1 is 0.698 bits per heavy atom. The van der Waals surface area contributed by atoms with Gasteiger partial charge in [-0.25, -0.2) is 16.8 Å². The number of hydrogen-bond acceptors (Lipinski definition) is 5. The number of aryl methyl sites for hydroxylation is 1. The number of fused-ring (bicyclic) bond motifs is 1. The van der Waals surface area contributed by atoms with E-state index in [1.54, 1.807) is 36.4 Å². The number of ketones is 1. The minimum Gasteiger partial charge on any atom is -0.299 e. The minimum absolute atomic E-state index is 0.0222. The minimum atomic E-state index is -4.10. The molecule has 2 heterocycles. The predicted octanol–water partition coefficient (Wildman–Crippen LogP) is 6.17. The first-order chi connectivity index (χ1) is 20.6. The Bertz CT molecular complexity index is 1850. The zero-order valence-electron chi connectivity index (χ0n) is 23.5. The molecule has 2 fully saturated rings. The van der Waals surface area contributed by atoms with Crippen LogP contribution in [0.3, 0.4) is 0 Å². The molecule has 10 heteroatoms. The average molecular weight is 635 g/mol. The van der Waals surface area contributed by atoms with E-state index in [4.69, 9.17) is 11.6 Å². The van der Waals surface area contributed by atoms with Gasteiger partial charge in [-0.15, -0.1) is 0 Å². The fraction of sp³-hybridized carbons (Fsp3) is 0.242. The Morgan fingerprint density at radius 2 is 1.30 bits per heavy atom. The highest BCUT2D eigenvalue weighted by Gasteiger charge is 2.54. The summed E-state index contributed by atoms with van der Waals surface area (Å²) >= 11 is 6.18. The van der Waals surface area contributed by atoms with Crippen LogP contribution in [-0.2, 0) is 24.8 Å². The van der Waals surface area contributed by atoms with Crippen LogP contribution >= 0.6 is 11.6 Å². The number of Topliss-reactive ketones (excluding diaryl/α,β-unsaturated/α-hetero) is 1. The summed E-state index contributed by atoms with van der Waals surface area (Å²) in [4.78, 5) is 14.1. The quantitative estimate of drug-likeness (QED) is 0.253. The molecule has 4 aromatic carbocycles. The lowest BCUT2D eigenvalue weighted by molar-refractivity contribution is -0.132. The van der Waals surface area contributed by atoms with Gasteiger partial charge >= 0.3 is 0 Å². The van der Waals surface area contributed by atoms with Crippen molar-refractivity contribution in [3.63, 3.8) is 0 Å². The van der Waals surface area contributed by atoms with Crippen molar-refractivity contribution in [3.8, 4) is 0 Å². The van der Waals surface area contributed by atoms with Crippen LogP contribution in [-0.4, -0.2) is 43.8 Å². The third kappa shape index (κ3) is 5.56. The largest absolute Gasteiger partial charge is 0.299 e. The van der Waals surface area contributed by atoms with Gasteiger partial charge in [-0.05, 0) is 54.8 Å². The number of hydrogen-bond donors (Lipinski definition) is 0. The van der Waals surface area contributed by atoms with Crippen molar-refractivity contribution in [1.29, 1.82) is 0 Å². The zero-order valence-corrected chi connectivity index (χ0v) is 25.8. The summed E-state index contributed by atoms with van der Waals surface area (Å²) in [7, 11) is -8.19. The summed E-state index contributed by atoms with van der Waals surface area (Å²) in [5.41, 5.74) is 2.36. The second-order valence-electron chi connectivity index (χ2n) is 11.1. The van der Waals surface area contributed by atoms with Crippen molar-refractivity contribution in [2.75, 3.05) is 6.54 Å². The number of rotatable bonds is 6. The van der Waals surface area contributed by atoms with Gasteiger partial charge in [-0.1, -0.05) is 96.0 Å². The predicted molar refractivity (Wildman–Crippen MR) is 165 cm³/mol. The summed E-state index contributed by atoms with van der Waals surface area (Å²) < 4.78 is 60.1. The molecule has 2 aliphatic rings. The number of halogens is 1. The highest BCUT2D eigenvalue weighted by Crippen LogP contribution is 2.48. The molecule has 0 amide bonds. The molecule has 6 rings (SSSR count). The summed E-state index contributed by atoms with van der Waals surface area (Å²) in [6.07, 6.45) is 0.0476. The molecule has 0 N–H and O–H groups in total. The Kier molecular flexibility index (Phi) is 8.04. The Hall–Kier alpha value is -3.34. The normalized spacial score (nSPS) is 23.5. The van der Waals surface area contributed by atoms with Crippen LogP contribution in [0.2, 0.25) is 5.02 Å². The van der Waals surface area contributed by atoms with E-state index in [1.807, 2.05) is 67.6 Å². The number of benzene rings is 4. The molecular weight excluding hydrogens is 604 g/mol. The molecular formula is C33H31ClN2O5S2. The lowest BCUT2D eigenvalue weighted by Gasteiger charge is -2.51. The number of piperidine rings is 2. The molecule has 4 aromatic rings. The Morgan fingerprint density at radius 3 is 1.91 bits per heavy atom. The van der Waals surface area contributed by atoms with Crippen molar-refractivity contribution < 1.29 is 21.6 Å². The summed E-state index contributed by atoms with van der Waals surface area (Å²) in [6, 6.07) is 28.9. The van der Waals surface area contributed by atoms with E-state index < -0.39 is 44.1 Å². The Labute approximate surface area is 257 Å². The third-order valence-electron chi connectivity index (χ3n) is 8.46. The maximum atomic E-state index is 14.5. The van der Waals surface area contributed by atoms with Gasteiger partial charge < -0.3 is 0 Å². The molecule has 7 nitrogen and oxygen atoms in total. The first kappa shape index (κ1) is 29.7. The van der Waals surface area contributed by atoms with Crippen molar-refractivity contribution in [1.82, 2.24) is 8.61 Å². The van der Waals surface area contributed by atoms with Gasteiger partial charge in [0, 0.05) is 29.9 Å². The lowest BCUT2D eigenvalue weighted by Crippen LogP contribution is -2.60. The number of carbonyl (C=O) groups is 1. The van der Waals surface area contributed by atoms with Crippen LogP contribution in [0.15, 0.2) is 119 Å². The Balaban J connectivity index is 1.50. The average Bonchev–Trinajstić information content (AvgIpc) is 3.01. The van der Waals surface area contributed by atoms with Crippen LogP contribution in [0.4, 0.5) is 0 Å². The second kappa shape index (κ2) is 11.6. The zero-order chi connectivity index (χ0) is 30.4. The van der Waals surface area contributed by atoms with Crippen molar-refractivity contribution in [3.05, 3.63) is 131 Å². The van der Waals surface area contributed by atoms with Crippen LogP contribution in [0, 0.1) is 12.8 Å². The maximum absolute atomic E-state index is 14.5. The standard InChI is InChI=1S/C33H31ClN2O5S2/c1-23-15-17-27(18-16-23)43(40,41)36-31(25-11-6-3-7-12-25)21-33(37)29-22-35(42(38,39)28-14-8-13-26(34)19-28)30(20-32(29)36)24-9-4-2-5-10-24/h2-19,29-32H,20-22H2,1H3/t29?,30?,31-,32?/m0/s1. The third-order valence-corrected chi connectivity index (χ3v) is 12.5. The fourth-order valence-electron chi connectivity index (χ4n) is 6.34. The van der Waals surface area contributed by atoms with E-state index in [0.29, 0.717) is 5.56 Å². The number of nitrogens with zero attached hydrogens (tertiary/aromatic N) is 2. The van der Waals surface area contributed by atoms with E-state index in [0.717, 1.165) is 11.1 Å². The van der Waals surface area contributed by atoms with Gasteiger partial charge in [0.25, 0.3) is 0 Å². The number of carbonyl (C=O) groups excluding carboxylic acids is 1. The molecule has 3 unspecified atom stereocenters. The molecule has 4 atom stereocenters. The van der Waals surface area contributed by atoms with Gasteiger partial charge in [0.1, 0.15) is 5.78 Å². The maximum Gasteiger partial charge on any atom is 0.243 e. The van der Waals surface area contributed by atoms with Crippen LogP contribution < -0.4 is 0 Å². The van der Waals surface area contributed by atoms with Crippen LogP contribution in [0.1, 0.15) is 41.6 Å². The lowest BCUT2D eigenvalue weighted by atomic mass is 9.77. The molecule has 0 radical (unpaired) electrons. The summed E-state index contributed by atoms with van der Waals surface area (Å²) in [5.74, 6) is -1.01. The summed E-state index contributed by atoms with van der Waals surface area (Å²) in [5, 5.41) is 0.280. The first-order valence-corrected chi connectivity index (χ1v) is 17.3. The van der Waals surface area contributed by atoms with E-state index in [9.17, 15) is 21.6 Å². The van der Waals surface area contributed by atoms with Gasteiger partial charge in [0.2, 0.25) is 20.0 Å². The monoisotopic (exact) mass is 634 g/mol. The van der Waals surface area contributed by atoms with E-state index in [1.165, 1.54) is 20.7 Å². The molecule has 0 aliphatic carbocycles. The smallest absolute Gasteiger partial charge is 0.243 e. The SMILES string of the molecule is Cc1ccc(S(=O)(=O)N2C3CC(c4ccccc4)N(S(=O)(=O)c4cccc(Cl)c4)CC3C(=O)C[C@H]2c2ccccc2)cc1. The van der Waals surface area contributed by atoms with Crippen LogP contribution in [0.25, 0.3) is 0 Å². The summed E-state index contributed by atoms with van der Waals surface area (Å²) in [6.45, 7) is 1.73. The molecule has 222 valence electrons. The topological polar surface area (TPSA) is 91.8 Å². The molecule has 0 aromatic heterocycles. The van der Waals surface area contributed by atoms with Gasteiger partial charge in [0.15, 0.2) is 0 Å². The molecule has 43 heavy (non-hydrogen) atoms. The fourth-order valence-corrected chi connectivity index (χ4v) is 10.1. The van der Waals surface area contributed by atoms with Crippen LogP contribution in [0.5, 0.6) is 0 Å². The number of sulfonamides is 2. The van der Waals surface area contributed by atoms with Gasteiger partial charge in [-0.3, -0.25) is 4.79 Å². The molecule has 2 saturated heterocycles. The second-order valence-corrected chi connectivity index (χ2v) is 15.3. The van der Waals surface area contributed by atoms with Gasteiger partial charge in [0.05, 0.1) is 21.9 Å². The highest BCUT2D eigenvalue weighted by molar-refractivity contribution is 7.89. The van der Waals surface area contributed by atoms with Crippen molar-refractivity contribution in [2.45, 2.75) is 47.7 Å². The van der Waals surface area contributed by atoms with Crippen molar-refractivity contribution in [2.24, 2.45) is 5.92 Å². The van der Waals surface area contributed by atoms with Crippen molar-refractivity contribution >= 4 is 37.4 Å². The van der Waals surface area contributed by atoms with E-state index >= 15 is 0 Å². The van der Waals surface area contributed by atoms with E-state index in [-0.39, 0.29) is 40.0 Å². The molecule has 0 spiro atoms. The highest BCUT2D eigenvalue weighted by atomic mass is 35.5. The first-order valence-electron chi connectivity index (χ1n) is 14.1. The van der Waals surface area contributed by atoms with E-state index in [2.05, 4.69) is 0 Å². The molecule has 2 aliphatic heterocycles. The molecule has 0 saturated carbocycles.